The number of allylic oxidation sites excluding steroid dienone is 1. The second-order valence-electron chi connectivity index (χ2n) is 9.20. The highest BCUT2D eigenvalue weighted by Crippen LogP contribution is 2.53. The molecule has 3 unspecified atom stereocenters. The standard InChI is InChI=1S/C29H24Cl2FNO3/c1-29(2)20(16-24(31)18-8-11-21(30)12-9-18)15-23(29)28(34)36-27(17-33)19-10-13-25(32)26(14-19)35-22-6-4-3-5-7-22/h3-14,16,20,23,27H,15H2,1-2H3/i6D. The van der Waals surface area contributed by atoms with E-state index < -0.39 is 29.2 Å². The lowest BCUT2D eigenvalue weighted by Gasteiger charge is -2.49. The normalized spacial score (nSPS) is 19.9. The van der Waals surface area contributed by atoms with E-state index in [-0.39, 0.29) is 29.0 Å². The molecule has 0 bridgehead atoms. The van der Waals surface area contributed by atoms with Crippen LogP contribution in [0, 0.1) is 34.4 Å². The van der Waals surface area contributed by atoms with Gasteiger partial charge >= 0.3 is 5.97 Å². The lowest BCUT2D eigenvalue weighted by molar-refractivity contribution is -0.166. The van der Waals surface area contributed by atoms with Crippen molar-refractivity contribution in [1.29, 1.82) is 5.26 Å². The number of hydrogen-bond acceptors (Lipinski definition) is 4. The highest BCUT2D eigenvalue weighted by atomic mass is 35.5. The molecule has 4 rings (SSSR count). The Morgan fingerprint density at radius 1 is 1.22 bits per heavy atom. The van der Waals surface area contributed by atoms with Crippen LogP contribution in [0.5, 0.6) is 11.5 Å². The van der Waals surface area contributed by atoms with Gasteiger partial charge in [-0.3, -0.25) is 4.79 Å². The molecule has 1 fully saturated rings. The number of para-hydroxylation sites is 1. The largest absolute Gasteiger partial charge is 0.454 e. The van der Waals surface area contributed by atoms with Gasteiger partial charge in [-0.25, -0.2) is 4.39 Å². The Balaban J connectivity index is 1.45. The summed E-state index contributed by atoms with van der Waals surface area (Å²) in [7, 11) is 0. The first-order valence-corrected chi connectivity index (χ1v) is 12.1. The van der Waals surface area contributed by atoms with Crippen LogP contribution in [0.2, 0.25) is 5.02 Å². The van der Waals surface area contributed by atoms with E-state index >= 15 is 0 Å². The molecule has 0 aliphatic heterocycles. The van der Waals surface area contributed by atoms with Gasteiger partial charge in [-0.2, -0.15) is 5.26 Å². The van der Waals surface area contributed by atoms with Crippen molar-refractivity contribution in [3.63, 3.8) is 0 Å². The number of esters is 1. The van der Waals surface area contributed by atoms with Crippen LogP contribution < -0.4 is 4.74 Å². The van der Waals surface area contributed by atoms with E-state index in [0.29, 0.717) is 16.5 Å². The van der Waals surface area contributed by atoms with Crippen molar-refractivity contribution in [2.45, 2.75) is 26.4 Å². The molecular weight excluding hydrogens is 500 g/mol. The summed E-state index contributed by atoms with van der Waals surface area (Å²) >= 11 is 12.5. The molecule has 0 N–H and O–H groups in total. The number of ether oxygens (including phenoxy) is 2. The molecule has 1 aliphatic rings. The van der Waals surface area contributed by atoms with Crippen molar-refractivity contribution in [3.05, 3.63) is 101 Å². The van der Waals surface area contributed by atoms with Gasteiger partial charge in [-0.15, -0.1) is 0 Å². The topological polar surface area (TPSA) is 59.3 Å². The first kappa shape index (κ1) is 24.4. The summed E-state index contributed by atoms with van der Waals surface area (Å²) < 4.78 is 33.4. The highest BCUT2D eigenvalue weighted by molar-refractivity contribution is 6.48. The first-order chi connectivity index (χ1) is 17.6. The smallest absolute Gasteiger partial charge is 0.311 e. The van der Waals surface area contributed by atoms with Gasteiger partial charge in [-0.1, -0.05) is 79.5 Å². The van der Waals surface area contributed by atoms with Gasteiger partial charge in [-0.05, 0) is 59.7 Å². The second kappa shape index (κ2) is 10.7. The molecule has 36 heavy (non-hydrogen) atoms. The van der Waals surface area contributed by atoms with Crippen molar-refractivity contribution in [2.75, 3.05) is 0 Å². The molecule has 3 aromatic carbocycles. The van der Waals surface area contributed by atoms with Crippen LogP contribution in [0.4, 0.5) is 4.39 Å². The highest BCUT2D eigenvalue weighted by Gasteiger charge is 2.52. The molecule has 0 radical (unpaired) electrons. The van der Waals surface area contributed by atoms with Crippen molar-refractivity contribution < 1.29 is 20.0 Å². The van der Waals surface area contributed by atoms with Crippen LogP contribution in [-0.2, 0) is 9.53 Å². The third kappa shape index (κ3) is 5.56. The molecule has 0 saturated heterocycles. The minimum atomic E-state index is -1.25. The summed E-state index contributed by atoms with van der Waals surface area (Å²) in [5.74, 6) is -1.58. The lowest BCUT2D eigenvalue weighted by Crippen LogP contribution is -2.48. The fraction of sp³-hybridized carbons (Fsp3) is 0.241. The number of hydrogen-bond donors (Lipinski definition) is 0. The summed E-state index contributed by atoms with van der Waals surface area (Å²) in [6, 6.07) is 19.5. The monoisotopic (exact) mass is 524 g/mol. The van der Waals surface area contributed by atoms with Crippen LogP contribution in [0.25, 0.3) is 5.03 Å². The number of benzene rings is 3. The van der Waals surface area contributed by atoms with Crippen LogP contribution in [0.1, 0.15) is 38.9 Å². The van der Waals surface area contributed by atoms with Gasteiger partial charge in [0.2, 0.25) is 6.10 Å². The minimum absolute atomic E-state index is 0.0320. The number of nitriles is 1. The summed E-state index contributed by atoms with van der Waals surface area (Å²) in [5.41, 5.74) is 0.660. The summed E-state index contributed by atoms with van der Waals surface area (Å²) in [6.45, 7) is 3.91. The minimum Gasteiger partial charge on any atom is -0.454 e. The zero-order valence-corrected chi connectivity index (χ0v) is 21.2. The zero-order chi connectivity index (χ0) is 26.7. The number of carbonyl (C=O) groups is 1. The fourth-order valence-corrected chi connectivity index (χ4v) is 4.62. The molecule has 1 saturated carbocycles. The van der Waals surface area contributed by atoms with Crippen LogP contribution in [-0.4, -0.2) is 5.97 Å². The Kier molecular flexibility index (Phi) is 7.27. The predicted molar refractivity (Wildman–Crippen MR) is 138 cm³/mol. The molecule has 0 spiro atoms. The lowest BCUT2D eigenvalue weighted by atomic mass is 9.54. The Morgan fingerprint density at radius 2 is 1.97 bits per heavy atom. The van der Waals surface area contributed by atoms with Gasteiger partial charge in [0, 0.05) is 15.6 Å². The number of nitrogens with zero attached hydrogens (tertiary/aromatic N) is 1. The third-order valence-electron chi connectivity index (χ3n) is 6.61. The molecule has 7 heteroatoms. The molecule has 184 valence electrons. The van der Waals surface area contributed by atoms with Crippen molar-refractivity contribution in [1.82, 2.24) is 0 Å². The first-order valence-electron chi connectivity index (χ1n) is 11.9. The van der Waals surface area contributed by atoms with E-state index in [4.69, 9.17) is 34.0 Å². The van der Waals surface area contributed by atoms with E-state index in [9.17, 15) is 14.4 Å². The molecule has 1 aliphatic carbocycles. The summed E-state index contributed by atoms with van der Waals surface area (Å²) in [6.07, 6.45) is 1.21. The van der Waals surface area contributed by atoms with Gasteiger partial charge in [0.1, 0.15) is 11.8 Å². The summed E-state index contributed by atoms with van der Waals surface area (Å²) in [5, 5.41) is 10.9. The quantitative estimate of drug-likeness (QED) is 0.291. The Bertz CT molecular complexity index is 1380. The molecule has 3 atom stereocenters. The number of rotatable bonds is 7. The van der Waals surface area contributed by atoms with E-state index in [2.05, 4.69) is 0 Å². The van der Waals surface area contributed by atoms with Gasteiger partial charge in [0.25, 0.3) is 0 Å². The van der Waals surface area contributed by atoms with E-state index in [1.807, 2.05) is 38.1 Å². The Morgan fingerprint density at radius 3 is 2.64 bits per heavy atom. The van der Waals surface area contributed by atoms with Crippen LogP contribution in [0.3, 0.4) is 0 Å². The predicted octanol–water partition coefficient (Wildman–Crippen LogP) is 8.32. The number of halogens is 3. The number of carbonyl (C=O) groups excluding carboxylic acids is 1. The second-order valence-corrected chi connectivity index (χ2v) is 10.0. The maximum atomic E-state index is 14.4. The summed E-state index contributed by atoms with van der Waals surface area (Å²) in [4.78, 5) is 13.0. The molecular formula is C29H24Cl2FNO3. The Labute approximate surface area is 221 Å². The fourth-order valence-electron chi connectivity index (χ4n) is 4.21. The maximum absolute atomic E-state index is 14.4. The Hall–Kier alpha value is -3.33. The average molecular weight is 525 g/mol. The zero-order valence-electron chi connectivity index (χ0n) is 20.7. The van der Waals surface area contributed by atoms with Gasteiger partial charge in [0.15, 0.2) is 11.6 Å². The van der Waals surface area contributed by atoms with Crippen molar-refractivity contribution >= 4 is 34.2 Å². The molecule has 0 amide bonds. The van der Waals surface area contributed by atoms with E-state index in [1.54, 1.807) is 30.3 Å². The molecule has 0 aromatic heterocycles. The van der Waals surface area contributed by atoms with Crippen molar-refractivity contribution in [2.24, 2.45) is 17.3 Å². The van der Waals surface area contributed by atoms with Gasteiger partial charge < -0.3 is 9.47 Å². The third-order valence-corrected chi connectivity index (χ3v) is 7.20. The van der Waals surface area contributed by atoms with Crippen molar-refractivity contribution in [3.8, 4) is 17.6 Å². The van der Waals surface area contributed by atoms with Gasteiger partial charge in [0.05, 0.1) is 7.29 Å². The van der Waals surface area contributed by atoms with Crippen LogP contribution in [0.15, 0.2) is 78.8 Å². The van der Waals surface area contributed by atoms with Crippen LogP contribution >= 0.6 is 23.2 Å². The van der Waals surface area contributed by atoms with E-state index in [1.165, 1.54) is 18.2 Å². The average Bonchev–Trinajstić information content (AvgIpc) is 2.87. The maximum Gasteiger partial charge on any atom is 0.311 e. The SMILES string of the molecule is [2H]c1ccccc1Oc1cc(C(C#N)OC(=O)C2CC(C=C(Cl)c3ccc(Cl)cc3)C2(C)C)ccc1F. The van der Waals surface area contributed by atoms with E-state index in [0.717, 1.165) is 11.6 Å². The molecule has 4 nitrogen and oxygen atoms in total. The molecule has 3 aromatic rings. The molecule has 0 heterocycles.